The fourth-order valence-corrected chi connectivity index (χ4v) is 3.06. The molecule has 25 heavy (non-hydrogen) atoms. The molecule has 0 radical (unpaired) electrons. The number of hydrogen-bond acceptors (Lipinski definition) is 4. The lowest BCUT2D eigenvalue weighted by molar-refractivity contribution is -0.132. The molecule has 2 atom stereocenters. The normalized spacial score (nSPS) is 20.2. The van der Waals surface area contributed by atoms with Crippen molar-refractivity contribution in [1.29, 1.82) is 0 Å². The van der Waals surface area contributed by atoms with E-state index in [1.807, 2.05) is 36.4 Å². The highest BCUT2D eigenvalue weighted by molar-refractivity contribution is 5.93. The first-order valence-corrected chi connectivity index (χ1v) is 8.29. The van der Waals surface area contributed by atoms with E-state index >= 15 is 0 Å². The highest BCUT2D eigenvalue weighted by Gasteiger charge is 2.28. The van der Waals surface area contributed by atoms with Crippen LogP contribution in [0.2, 0.25) is 0 Å². The largest absolute Gasteiger partial charge is 0.391 e. The summed E-state index contributed by atoms with van der Waals surface area (Å²) in [6.07, 6.45) is 1.40. The number of rotatable bonds is 3. The van der Waals surface area contributed by atoms with Gasteiger partial charge in [-0.1, -0.05) is 30.3 Å². The van der Waals surface area contributed by atoms with Gasteiger partial charge in [0.2, 0.25) is 5.91 Å². The predicted molar refractivity (Wildman–Crippen MR) is 93.8 cm³/mol. The monoisotopic (exact) mass is 339 g/mol. The second kappa shape index (κ2) is 7.44. The zero-order chi connectivity index (χ0) is 17.8. The number of aromatic nitrogens is 1. The summed E-state index contributed by atoms with van der Waals surface area (Å²) < 4.78 is 0. The van der Waals surface area contributed by atoms with Gasteiger partial charge in [-0.3, -0.25) is 14.6 Å². The smallest absolute Gasteiger partial charge is 0.270 e. The number of likely N-dealkylation sites (tertiary alicyclic amines) is 1. The van der Waals surface area contributed by atoms with Crippen LogP contribution in [0, 0.1) is 0 Å². The molecule has 1 aromatic carbocycles. The molecule has 3 rings (SSSR count). The van der Waals surface area contributed by atoms with E-state index in [9.17, 15) is 14.7 Å². The summed E-state index contributed by atoms with van der Waals surface area (Å²) >= 11 is 0. The Labute approximate surface area is 146 Å². The van der Waals surface area contributed by atoms with Crippen LogP contribution in [-0.2, 0) is 4.79 Å². The van der Waals surface area contributed by atoms with Gasteiger partial charge in [0.25, 0.3) is 5.91 Å². The van der Waals surface area contributed by atoms with Gasteiger partial charge in [0.15, 0.2) is 0 Å². The minimum Gasteiger partial charge on any atom is -0.391 e. The lowest BCUT2D eigenvalue weighted by Crippen LogP contribution is -2.53. The molecule has 0 saturated carbocycles. The van der Waals surface area contributed by atoms with Crippen LogP contribution in [0.5, 0.6) is 0 Å². The van der Waals surface area contributed by atoms with E-state index in [1.54, 1.807) is 17.2 Å². The number of β-amino-alcohol motifs (C(OH)–C–C–N with tert-alkyl or cyclic N) is 1. The number of carbonyl (C=O) groups excluding carboxylic acids is 2. The number of nitrogens with one attached hydrogen (secondary N) is 1. The Bertz CT molecular complexity index is 764. The van der Waals surface area contributed by atoms with Crippen LogP contribution < -0.4 is 5.32 Å². The molecule has 2 unspecified atom stereocenters. The van der Waals surface area contributed by atoms with Crippen molar-refractivity contribution in [3.05, 3.63) is 54.4 Å². The van der Waals surface area contributed by atoms with Gasteiger partial charge >= 0.3 is 0 Å². The van der Waals surface area contributed by atoms with E-state index in [1.165, 1.54) is 6.92 Å². The zero-order valence-electron chi connectivity index (χ0n) is 14.1. The second-order valence-electron chi connectivity index (χ2n) is 6.28. The van der Waals surface area contributed by atoms with Gasteiger partial charge in [-0.05, 0) is 29.7 Å². The van der Waals surface area contributed by atoms with E-state index in [2.05, 4.69) is 10.3 Å². The van der Waals surface area contributed by atoms with Gasteiger partial charge in [-0.2, -0.15) is 0 Å². The highest BCUT2D eigenvalue weighted by Crippen LogP contribution is 2.19. The van der Waals surface area contributed by atoms with E-state index in [0.29, 0.717) is 25.2 Å². The van der Waals surface area contributed by atoms with Crippen LogP contribution >= 0.6 is 0 Å². The fraction of sp³-hybridized carbons (Fsp3) is 0.316. The molecular weight excluding hydrogens is 318 g/mol. The maximum Gasteiger partial charge on any atom is 0.270 e. The first-order valence-electron chi connectivity index (χ1n) is 8.29. The molecule has 2 heterocycles. The van der Waals surface area contributed by atoms with Crippen molar-refractivity contribution in [2.45, 2.75) is 25.5 Å². The number of aliphatic hydroxyl groups excluding tert-OH is 1. The van der Waals surface area contributed by atoms with Gasteiger partial charge in [-0.25, -0.2) is 0 Å². The molecule has 0 aliphatic carbocycles. The Morgan fingerprint density at radius 2 is 1.92 bits per heavy atom. The molecule has 0 bridgehead atoms. The fourth-order valence-electron chi connectivity index (χ4n) is 3.06. The average molecular weight is 339 g/mol. The number of benzene rings is 1. The van der Waals surface area contributed by atoms with Crippen LogP contribution in [0.1, 0.15) is 23.8 Å². The second-order valence-corrected chi connectivity index (χ2v) is 6.28. The van der Waals surface area contributed by atoms with E-state index in [0.717, 1.165) is 11.1 Å². The lowest BCUT2D eigenvalue weighted by atomic mass is 10.0. The first-order chi connectivity index (χ1) is 12.0. The van der Waals surface area contributed by atoms with Gasteiger partial charge in [0, 0.05) is 32.3 Å². The molecule has 6 heteroatoms. The molecular formula is C19H21N3O3. The van der Waals surface area contributed by atoms with Crippen molar-refractivity contribution in [2.24, 2.45) is 0 Å². The number of hydrogen-bond donors (Lipinski definition) is 2. The SMILES string of the molecule is CC(=O)N1CC(O)CC(NC(=O)c2cc(-c3ccccc3)ccn2)C1. The van der Waals surface area contributed by atoms with Crippen molar-refractivity contribution in [3.63, 3.8) is 0 Å². The van der Waals surface area contributed by atoms with E-state index < -0.39 is 6.10 Å². The minimum absolute atomic E-state index is 0.109. The molecule has 2 N–H and O–H groups in total. The summed E-state index contributed by atoms with van der Waals surface area (Å²) in [5.41, 5.74) is 2.24. The van der Waals surface area contributed by atoms with Gasteiger partial charge in [0.05, 0.1) is 6.10 Å². The van der Waals surface area contributed by atoms with Crippen molar-refractivity contribution in [3.8, 4) is 11.1 Å². The summed E-state index contributed by atoms with van der Waals surface area (Å²) in [7, 11) is 0. The number of aliphatic hydroxyl groups is 1. The topological polar surface area (TPSA) is 82.5 Å². The molecule has 1 fully saturated rings. The number of amides is 2. The third-order valence-corrected chi connectivity index (χ3v) is 4.31. The van der Waals surface area contributed by atoms with Gasteiger partial charge < -0.3 is 15.3 Å². The Balaban J connectivity index is 1.72. The summed E-state index contributed by atoms with van der Waals surface area (Å²) in [5.74, 6) is -0.414. The number of pyridine rings is 1. The third kappa shape index (κ3) is 4.22. The van der Waals surface area contributed by atoms with Crippen molar-refractivity contribution in [2.75, 3.05) is 13.1 Å². The predicted octanol–water partition coefficient (Wildman–Crippen LogP) is 1.46. The van der Waals surface area contributed by atoms with Crippen LogP contribution in [0.3, 0.4) is 0 Å². The number of nitrogens with zero attached hydrogens (tertiary/aromatic N) is 2. The Morgan fingerprint density at radius 3 is 2.64 bits per heavy atom. The molecule has 2 amide bonds. The van der Waals surface area contributed by atoms with E-state index in [4.69, 9.17) is 0 Å². The van der Waals surface area contributed by atoms with Gasteiger partial charge in [-0.15, -0.1) is 0 Å². The van der Waals surface area contributed by atoms with Crippen molar-refractivity contribution < 1.29 is 14.7 Å². The Morgan fingerprint density at radius 1 is 1.16 bits per heavy atom. The maximum atomic E-state index is 12.5. The quantitative estimate of drug-likeness (QED) is 0.887. The highest BCUT2D eigenvalue weighted by atomic mass is 16.3. The summed E-state index contributed by atoms with van der Waals surface area (Å²) in [4.78, 5) is 29.8. The molecule has 1 aromatic heterocycles. The average Bonchev–Trinajstić information content (AvgIpc) is 2.62. The molecule has 1 aliphatic rings. The summed E-state index contributed by atoms with van der Waals surface area (Å²) in [6.45, 7) is 2.17. The first kappa shape index (κ1) is 17.1. The third-order valence-electron chi connectivity index (χ3n) is 4.31. The van der Waals surface area contributed by atoms with Crippen molar-refractivity contribution >= 4 is 11.8 Å². The van der Waals surface area contributed by atoms with Crippen LogP contribution in [0.15, 0.2) is 48.7 Å². The lowest BCUT2D eigenvalue weighted by Gasteiger charge is -2.35. The molecule has 1 saturated heterocycles. The summed E-state index contributed by atoms with van der Waals surface area (Å²) in [5, 5.41) is 12.8. The van der Waals surface area contributed by atoms with Gasteiger partial charge in [0.1, 0.15) is 5.69 Å². The molecule has 130 valence electrons. The maximum absolute atomic E-state index is 12.5. The number of piperidine rings is 1. The Hall–Kier alpha value is -2.73. The zero-order valence-corrected chi connectivity index (χ0v) is 14.1. The van der Waals surface area contributed by atoms with Crippen LogP contribution in [0.4, 0.5) is 0 Å². The minimum atomic E-state index is -0.633. The summed E-state index contributed by atoms with van der Waals surface area (Å²) in [6, 6.07) is 13.1. The molecule has 2 aromatic rings. The molecule has 0 spiro atoms. The van der Waals surface area contributed by atoms with Crippen molar-refractivity contribution in [1.82, 2.24) is 15.2 Å². The van der Waals surface area contributed by atoms with E-state index in [-0.39, 0.29) is 17.9 Å². The molecule has 6 nitrogen and oxygen atoms in total. The standard InChI is InChI=1S/C19H21N3O3/c1-13(23)22-11-16(10-17(24)12-22)21-19(25)18-9-15(7-8-20-18)14-5-3-2-4-6-14/h2-9,16-17,24H,10-12H2,1H3,(H,21,25). The van der Waals surface area contributed by atoms with Crippen LogP contribution in [-0.4, -0.2) is 52.0 Å². The van der Waals surface area contributed by atoms with Crippen LogP contribution in [0.25, 0.3) is 11.1 Å². The Kier molecular flexibility index (Phi) is 5.09. The molecule has 1 aliphatic heterocycles. The number of carbonyl (C=O) groups is 2.